The molecule has 0 bridgehead atoms. The van der Waals surface area contributed by atoms with Gasteiger partial charge in [-0.05, 0) is 25.1 Å². The minimum Gasteiger partial charge on any atom is -0.455 e. The zero-order valence-corrected chi connectivity index (χ0v) is 11.1. The van der Waals surface area contributed by atoms with E-state index in [4.69, 9.17) is 33.7 Å². The van der Waals surface area contributed by atoms with Crippen LogP contribution in [0.3, 0.4) is 0 Å². The molecule has 0 spiro atoms. The highest BCUT2D eigenvalue weighted by atomic mass is 35.5. The Kier molecular flexibility index (Phi) is 4.42. The van der Waals surface area contributed by atoms with Crippen molar-refractivity contribution in [1.29, 1.82) is 0 Å². The Morgan fingerprint density at radius 3 is 2.78 bits per heavy atom. The van der Waals surface area contributed by atoms with Crippen LogP contribution >= 0.6 is 23.2 Å². The summed E-state index contributed by atoms with van der Waals surface area (Å²) in [4.78, 5) is 3.96. The van der Waals surface area contributed by atoms with Gasteiger partial charge < -0.3 is 10.5 Å². The Bertz CT molecular complexity index is 546. The number of nitrogens with two attached hydrogens (primary N) is 1. The van der Waals surface area contributed by atoms with Crippen molar-refractivity contribution in [2.45, 2.75) is 6.42 Å². The lowest BCUT2D eigenvalue weighted by Gasteiger charge is -2.11. The van der Waals surface area contributed by atoms with E-state index in [-0.39, 0.29) is 0 Å². The Hall–Kier alpha value is -1.29. The first-order valence-corrected chi connectivity index (χ1v) is 6.22. The number of halogens is 2. The molecule has 0 aliphatic rings. The highest BCUT2D eigenvalue weighted by molar-refractivity contribution is 6.31. The van der Waals surface area contributed by atoms with E-state index in [0.717, 1.165) is 5.56 Å². The molecule has 3 nitrogen and oxygen atoms in total. The molecular formula is C13H12Cl2N2O. The van der Waals surface area contributed by atoms with Gasteiger partial charge in [0.25, 0.3) is 0 Å². The molecular weight excluding hydrogens is 271 g/mol. The largest absolute Gasteiger partial charge is 0.455 e. The van der Waals surface area contributed by atoms with E-state index in [2.05, 4.69) is 4.98 Å². The topological polar surface area (TPSA) is 48.1 Å². The van der Waals surface area contributed by atoms with Gasteiger partial charge in [0.1, 0.15) is 11.5 Å². The lowest BCUT2D eigenvalue weighted by Crippen LogP contribution is -2.04. The van der Waals surface area contributed by atoms with Crippen LogP contribution in [0, 0.1) is 0 Å². The molecule has 2 rings (SSSR count). The third-order valence-electron chi connectivity index (χ3n) is 2.38. The van der Waals surface area contributed by atoms with Crippen molar-refractivity contribution in [3.63, 3.8) is 0 Å². The molecule has 1 aromatic heterocycles. The fraction of sp³-hybridized carbons (Fsp3) is 0.154. The number of ether oxygens (including phenoxy) is 1. The quantitative estimate of drug-likeness (QED) is 0.931. The van der Waals surface area contributed by atoms with Crippen LogP contribution in [0.1, 0.15) is 5.56 Å². The van der Waals surface area contributed by atoms with Crippen LogP contribution in [-0.4, -0.2) is 11.5 Å². The van der Waals surface area contributed by atoms with Crippen LogP contribution in [0.15, 0.2) is 36.7 Å². The molecule has 0 aliphatic heterocycles. The summed E-state index contributed by atoms with van der Waals surface area (Å²) in [5.41, 5.74) is 6.46. The third kappa shape index (κ3) is 3.13. The Balaban J connectivity index is 2.31. The van der Waals surface area contributed by atoms with Gasteiger partial charge in [0.15, 0.2) is 0 Å². The van der Waals surface area contributed by atoms with Gasteiger partial charge in [-0.15, -0.1) is 0 Å². The number of pyridine rings is 1. The summed E-state index contributed by atoms with van der Waals surface area (Å²) in [5, 5.41) is 1.17. The number of rotatable bonds is 4. The highest BCUT2D eigenvalue weighted by Gasteiger charge is 2.08. The van der Waals surface area contributed by atoms with Gasteiger partial charge in [0, 0.05) is 22.8 Å². The minimum absolute atomic E-state index is 0.508. The molecule has 5 heteroatoms. The molecule has 0 saturated carbocycles. The van der Waals surface area contributed by atoms with Gasteiger partial charge in [-0.1, -0.05) is 29.3 Å². The monoisotopic (exact) mass is 282 g/mol. The average molecular weight is 283 g/mol. The molecule has 0 unspecified atom stereocenters. The summed E-state index contributed by atoms with van der Waals surface area (Å²) < 4.78 is 5.74. The molecule has 1 aromatic carbocycles. The van der Waals surface area contributed by atoms with E-state index < -0.39 is 0 Å². The van der Waals surface area contributed by atoms with Crippen molar-refractivity contribution in [3.8, 4) is 11.5 Å². The molecule has 18 heavy (non-hydrogen) atoms. The van der Waals surface area contributed by atoms with Crippen molar-refractivity contribution in [2.24, 2.45) is 5.73 Å². The third-order valence-corrected chi connectivity index (χ3v) is 2.94. The van der Waals surface area contributed by atoms with E-state index in [1.165, 1.54) is 0 Å². The van der Waals surface area contributed by atoms with Crippen LogP contribution in [0.4, 0.5) is 0 Å². The number of benzene rings is 1. The first-order chi connectivity index (χ1) is 8.70. The van der Waals surface area contributed by atoms with Gasteiger partial charge in [0.2, 0.25) is 0 Å². The summed E-state index contributed by atoms with van der Waals surface area (Å²) >= 11 is 12.0. The van der Waals surface area contributed by atoms with E-state index in [0.29, 0.717) is 34.5 Å². The Morgan fingerprint density at radius 2 is 2.06 bits per heavy atom. The van der Waals surface area contributed by atoms with Gasteiger partial charge >= 0.3 is 0 Å². The molecule has 0 radical (unpaired) electrons. The van der Waals surface area contributed by atoms with Crippen LogP contribution in [0.2, 0.25) is 10.0 Å². The maximum atomic E-state index is 6.13. The summed E-state index contributed by atoms with van der Waals surface area (Å²) in [5.74, 6) is 1.25. The molecule has 0 amide bonds. The smallest absolute Gasteiger partial charge is 0.147 e. The van der Waals surface area contributed by atoms with Crippen molar-refractivity contribution in [1.82, 2.24) is 4.98 Å². The highest BCUT2D eigenvalue weighted by Crippen LogP contribution is 2.31. The Labute approximate surface area is 115 Å². The second kappa shape index (κ2) is 6.05. The molecule has 0 atom stereocenters. The molecule has 0 saturated heterocycles. The van der Waals surface area contributed by atoms with Crippen LogP contribution in [0.5, 0.6) is 11.5 Å². The second-order valence-electron chi connectivity index (χ2n) is 3.70. The zero-order chi connectivity index (χ0) is 13.0. The van der Waals surface area contributed by atoms with Crippen molar-refractivity contribution >= 4 is 23.2 Å². The lowest BCUT2D eigenvalue weighted by atomic mass is 10.1. The maximum absolute atomic E-state index is 6.13. The molecule has 2 aromatic rings. The van der Waals surface area contributed by atoms with Crippen LogP contribution in [0.25, 0.3) is 0 Å². The molecule has 0 fully saturated rings. The normalized spacial score (nSPS) is 10.4. The predicted molar refractivity (Wildman–Crippen MR) is 73.5 cm³/mol. The molecule has 2 N–H and O–H groups in total. The van der Waals surface area contributed by atoms with Gasteiger partial charge in [-0.25, -0.2) is 0 Å². The SMILES string of the molecule is NCCc1c(Cl)cccc1Oc1cncc(Cl)c1. The molecule has 94 valence electrons. The first kappa shape index (κ1) is 13.1. The summed E-state index contributed by atoms with van der Waals surface area (Å²) in [6.07, 6.45) is 3.80. The van der Waals surface area contributed by atoms with Gasteiger partial charge in [-0.2, -0.15) is 0 Å². The fourth-order valence-electron chi connectivity index (χ4n) is 1.60. The summed E-state index contributed by atoms with van der Waals surface area (Å²) in [6.45, 7) is 0.508. The fourth-order valence-corrected chi connectivity index (χ4v) is 2.02. The lowest BCUT2D eigenvalue weighted by molar-refractivity contribution is 0.474. The van der Waals surface area contributed by atoms with Crippen molar-refractivity contribution < 1.29 is 4.74 Å². The number of aromatic nitrogens is 1. The molecule has 1 heterocycles. The van der Waals surface area contributed by atoms with Gasteiger partial charge in [0.05, 0.1) is 11.2 Å². The predicted octanol–water partition coefficient (Wildman–Crippen LogP) is 3.68. The van der Waals surface area contributed by atoms with E-state index in [1.54, 1.807) is 18.5 Å². The summed E-state index contributed by atoms with van der Waals surface area (Å²) in [6, 6.07) is 7.19. The van der Waals surface area contributed by atoms with Gasteiger partial charge in [-0.3, -0.25) is 4.98 Å². The van der Waals surface area contributed by atoms with E-state index in [1.807, 2.05) is 18.2 Å². The zero-order valence-electron chi connectivity index (χ0n) is 9.57. The summed E-state index contributed by atoms with van der Waals surface area (Å²) in [7, 11) is 0. The minimum atomic E-state index is 0.508. The Morgan fingerprint density at radius 1 is 1.22 bits per heavy atom. The second-order valence-corrected chi connectivity index (χ2v) is 4.54. The first-order valence-electron chi connectivity index (χ1n) is 5.46. The van der Waals surface area contributed by atoms with Crippen molar-refractivity contribution in [2.75, 3.05) is 6.54 Å². The maximum Gasteiger partial charge on any atom is 0.147 e. The number of hydrogen-bond acceptors (Lipinski definition) is 3. The van der Waals surface area contributed by atoms with E-state index >= 15 is 0 Å². The number of nitrogens with zero attached hydrogens (tertiary/aromatic N) is 1. The molecule has 0 aliphatic carbocycles. The van der Waals surface area contributed by atoms with E-state index in [9.17, 15) is 0 Å². The van der Waals surface area contributed by atoms with Crippen molar-refractivity contribution in [3.05, 3.63) is 52.3 Å². The van der Waals surface area contributed by atoms with Crippen LogP contribution < -0.4 is 10.5 Å². The average Bonchev–Trinajstić information content (AvgIpc) is 2.34. The number of hydrogen-bond donors (Lipinski definition) is 1. The van der Waals surface area contributed by atoms with Crippen LogP contribution in [-0.2, 0) is 6.42 Å². The standard InChI is InChI=1S/C13H12Cl2N2O/c14-9-6-10(8-17-7-9)18-13-3-1-2-12(15)11(13)4-5-16/h1-3,6-8H,4-5,16H2.